The van der Waals surface area contributed by atoms with E-state index in [1.54, 1.807) is 17.5 Å². The zero-order valence-corrected chi connectivity index (χ0v) is 24.8. The van der Waals surface area contributed by atoms with Gasteiger partial charge in [0, 0.05) is 50.3 Å². The van der Waals surface area contributed by atoms with E-state index in [9.17, 15) is 35.1 Å². The van der Waals surface area contributed by atoms with E-state index in [4.69, 9.17) is 14.7 Å². The van der Waals surface area contributed by atoms with Crippen LogP contribution in [0.2, 0.25) is 0 Å². The predicted molar refractivity (Wildman–Crippen MR) is 159 cm³/mol. The number of hydrogen-bond acceptors (Lipinski definition) is 12. The van der Waals surface area contributed by atoms with Gasteiger partial charge in [-0.1, -0.05) is 13.8 Å². The van der Waals surface area contributed by atoms with Crippen molar-refractivity contribution >= 4 is 34.8 Å². The van der Waals surface area contributed by atoms with Crippen molar-refractivity contribution in [1.82, 2.24) is 19.3 Å². The van der Waals surface area contributed by atoms with Crippen LogP contribution < -0.4 is 10.5 Å². The second kappa shape index (κ2) is 13.2. The maximum atomic E-state index is 13.6. The molecule has 2 aliphatic rings. The Morgan fingerprint density at radius 2 is 1.88 bits per heavy atom. The highest BCUT2D eigenvalue weighted by Gasteiger charge is 2.46. The van der Waals surface area contributed by atoms with Crippen molar-refractivity contribution in [3.05, 3.63) is 62.0 Å². The molecule has 0 saturated carbocycles. The molecule has 13 nitrogen and oxygen atoms in total. The first-order valence-electron chi connectivity index (χ1n) is 14.3. The third-order valence-electron chi connectivity index (χ3n) is 8.00. The minimum Gasteiger partial charge on any atom is -0.478 e. The maximum Gasteiger partial charge on any atom is 0.328 e. The topological polar surface area (TPSA) is 181 Å². The van der Waals surface area contributed by atoms with Gasteiger partial charge < -0.3 is 35.2 Å². The van der Waals surface area contributed by atoms with Crippen LogP contribution in [0.4, 0.5) is 5.82 Å². The quantitative estimate of drug-likeness (QED) is 0.208. The third kappa shape index (κ3) is 6.65. The number of aliphatic carboxylic acids is 1. The van der Waals surface area contributed by atoms with Crippen molar-refractivity contribution in [2.24, 2.45) is 5.92 Å². The Kier molecular flexibility index (Phi) is 9.56. The van der Waals surface area contributed by atoms with Gasteiger partial charge in [-0.3, -0.25) is 14.1 Å². The summed E-state index contributed by atoms with van der Waals surface area (Å²) in [5, 5.41) is 52.6. The number of anilines is 1. The fourth-order valence-electron chi connectivity index (χ4n) is 5.49. The number of hydrogen-bond donors (Lipinski definition) is 5. The third-order valence-corrected chi connectivity index (χ3v) is 8.93. The number of fused-ring (bicyclic) bond motifs is 1. The van der Waals surface area contributed by atoms with Gasteiger partial charge in [-0.2, -0.15) is 0 Å². The van der Waals surface area contributed by atoms with Crippen LogP contribution in [0.3, 0.4) is 0 Å². The lowest BCUT2D eigenvalue weighted by molar-refractivity contribution is -0.302. The largest absolute Gasteiger partial charge is 0.478 e. The number of aliphatic hydroxyl groups excluding tert-OH is 4. The summed E-state index contributed by atoms with van der Waals surface area (Å²) in [6.45, 7) is 5.23. The smallest absolute Gasteiger partial charge is 0.328 e. The zero-order chi connectivity index (χ0) is 30.8. The molecule has 3 aromatic heterocycles. The van der Waals surface area contributed by atoms with Crippen LogP contribution in [0.1, 0.15) is 41.6 Å². The van der Waals surface area contributed by atoms with Crippen molar-refractivity contribution < 1.29 is 35.1 Å². The lowest BCUT2D eigenvalue weighted by Gasteiger charge is -2.47. The standard InChI is InChI=1S/C29H37N5O8S/c1-16(2)20-15-43-22(30-20)5-3-17-7-8-34-21(13-17)31-26(18(27(34)40)4-6-23(36)37)32-9-11-33(12-10-32)28-19(14-35)24(38)25(39)29(41)42-28/h4,6-8,13,15-16,19,24-25,28-29,35,38-39,41H,3,5,9-12,14H2,1-2H3,(H,36,37)/b6-4+/t19-,24-,25-,28?,29+/m0/s1. The molecule has 0 spiro atoms. The monoisotopic (exact) mass is 615 g/mol. The van der Waals surface area contributed by atoms with E-state index in [1.165, 1.54) is 10.5 Å². The van der Waals surface area contributed by atoms with Crippen molar-refractivity contribution in [2.45, 2.75) is 57.3 Å². The van der Waals surface area contributed by atoms with E-state index >= 15 is 0 Å². The predicted octanol–water partition coefficient (Wildman–Crippen LogP) is 0.284. The molecule has 3 aromatic rings. The summed E-state index contributed by atoms with van der Waals surface area (Å²) >= 11 is 1.64. The molecule has 43 heavy (non-hydrogen) atoms. The molecule has 5 heterocycles. The molecule has 5 rings (SSSR count). The Morgan fingerprint density at radius 1 is 1.14 bits per heavy atom. The molecule has 2 saturated heterocycles. The molecule has 5 N–H and O–H groups in total. The molecule has 5 atom stereocenters. The summed E-state index contributed by atoms with van der Waals surface area (Å²) in [6.07, 6.45) is -0.0382. The van der Waals surface area contributed by atoms with Crippen molar-refractivity contribution in [3.8, 4) is 0 Å². The van der Waals surface area contributed by atoms with Gasteiger partial charge >= 0.3 is 5.97 Å². The van der Waals surface area contributed by atoms with E-state index in [2.05, 4.69) is 19.2 Å². The van der Waals surface area contributed by atoms with Crippen molar-refractivity contribution in [2.75, 3.05) is 37.7 Å². The number of carboxylic acids is 1. The molecular formula is C29H37N5O8S. The number of carboxylic acid groups (broad SMARTS) is 1. The molecule has 0 aliphatic carbocycles. The van der Waals surface area contributed by atoms with Gasteiger partial charge in [0.1, 0.15) is 23.8 Å². The molecule has 0 aromatic carbocycles. The van der Waals surface area contributed by atoms with Gasteiger partial charge in [0.25, 0.3) is 5.56 Å². The Bertz CT molecular complexity index is 1530. The summed E-state index contributed by atoms with van der Waals surface area (Å²) in [5.41, 5.74) is 2.24. The highest BCUT2D eigenvalue weighted by Crippen LogP contribution is 2.29. The van der Waals surface area contributed by atoms with Crippen LogP contribution in [0.25, 0.3) is 11.7 Å². The molecule has 0 radical (unpaired) electrons. The van der Waals surface area contributed by atoms with Crippen molar-refractivity contribution in [1.29, 1.82) is 0 Å². The number of aliphatic hydroxyl groups is 4. The van der Waals surface area contributed by atoms with E-state index in [0.717, 1.165) is 28.8 Å². The van der Waals surface area contributed by atoms with Crippen LogP contribution in [0.15, 0.2) is 34.6 Å². The van der Waals surface area contributed by atoms with E-state index in [-0.39, 0.29) is 5.56 Å². The van der Waals surface area contributed by atoms with Crippen LogP contribution in [-0.2, 0) is 22.4 Å². The summed E-state index contributed by atoms with van der Waals surface area (Å²) in [4.78, 5) is 38.1. The first-order valence-corrected chi connectivity index (χ1v) is 15.2. The first-order chi connectivity index (χ1) is 20.6. The lowest BCUT2D eigenvalue weighted by atomic mass is 9.92. The molecular weight excluding hydrogens is 578 g/mol. The van der Waals surface area contributed by atoms with Crippen molar-refractivity contribution in [3.63, 3.8) is 0 Å². The van der Waals surface area contributed by atoms with Crippen LogP contribution in [0.5, 0.6) is 0 Å². The maximum absolute atomic E-state index is 13.6. The normalized spacial score (nSPS) is 25.3. The summed E-state index contributed by atoms with van der Waals surface area (Å²) in [7, 11) is 0. The molecule has 2 aliphatic heterocycles. The summed E-state index contributed by atoms with van der Waals surface area (Å²) in [5.74, 6) is -1.31. The van der Waals surface area contributed by atoms with Gasteiger partial charge in [-0.25, -0.2) is 14.8 Å². The number of aryl methyl sites for hydroxylation is 2. The number of pyridine rings is 1. The molecule has 1 unspecified atom stereocenters. The van der Waals surface area contributed by atoms with Gasteiger partial charge in [-0.15, -0.1) is 11.3 Å². The number of thiazole rings is 1. The lowest BCUT2D eigenvalue weighted by Crippen LogP contribution is -2.63. The Balaban J connectivity index is 1.39. The average Bonchev–Trinajstić information content (AvgIpc) is 3.48. The van der Waals surface area contributed by atoms with Gasteiger partial charge in [-0.05, 0) is 36.1 Å². The van der Waals surface area contributed by atoms with Crippen LogP contribution >= 0.6 is 11.3 Å². The summed E-state index contributed by atoms with van der Waals surface area (Å²) < 4.78 is 6.95. The molecule has 2 fully saturated rings. The second-order valence-electron chi connectivity index (χ2n) is 11.2. The fourth-order valence-corrected chi connectivity index (χ4v) is 6.45. The highest BCUT2D eigenvalue weighted by molar-refractivity contribution is 7.09. The minimum atomic E-state index is -1.60. The van der Waals surface area contributed by atoms with E-state index < -0.39 is 48.8 Å². The minimum absolute atomic E-state index is 0.140. The van der Waals surface area contributed by atoms with Crippen LogP contribution in [-0.4, -0.2) is 108 Å². The van der Waals surface area contributed by atoms with Crippen LogP contribution in [0, 0.1) is 5.92 Å². The van der Waals surface area contributed by atoms with Gasteiger partial charge in [0.15, 0.2) is 6.29 Å². The average molecular weight is 616 g/mol. The molecule has 0 bridgehead atoms. The first kappa shape index (κ1) is 31.2. The number of ether oxygens (including phenoxy) is 1. The Labute approximate surface area is 251 Å². The number of carbonyl (C=O) groups is 1. The van der Waals surface area contributed by atoms with Gasteiger partial charge in [0.2, 0.25) is 0 Å². The molecule has 14 heteroatoms. The molecule has 0 amide bonds. The zero-order valence-electron chi connectivity index (χ0n) is 24.0. The van der Waals surface area contributed by atoms with E-state index in [1.807, 2.05) is 21.9 Å². The number of rotatable bonds is 9. The highest BCUT2D eigenvalue weighted by atomic mass is 32.1. The van der Waals surface area contributed by atoms with Gasteiger partial charge in [0.05, 0.1) is 34.9 Å². The number of nitrogens with zero attached hydrogens (tertiary/aromatic N) is 5. The second-order valence-corrected chi connectivity index (χ2v) is 12.1. The number of aromatic nitrogens is 3. The Hall–Kier alpha value is -3.24. The SMILES string of the molecule is CC(C)c1csc(CCc2ccn3c(=O)c(/C=C/C(=O)O)c(N4CCN(C5O[C@@H](O)[C@@H](O)[C@@H](O)[C@@H]5CO)CC4)nc3c2)n1. The molecule has 232 valence electrons. The van der Waals surface area contributed by atoms with E-state index in [0.29, 0.717) is 50.0 Å². The Morgan fingerprint density at radius 3 is 2.53 bits per heavy atom. The number of piperazine rings is 1. The fraction of sp³-hybridized carbons (Fsp3) is 0.517. The summed E-state index contributed by atoms with van der Waals surface area (Å²) in [6, 6.07) is 3.72.